The highest BCUT2D eigenvalue weighted by atomic mass is 19.1. The number of rotatable bonds is 4. The quantitative estimate of drug-likeness (QED) is 0.649. The SMILES string of the molecule is Cc1ccccc1NC(=O)N/N=C(/c1ccc(F)cc1)C1CC1. The summed E-state index contributed by atoms with van der Waals surface area (Å²) in [6, 6.07) is 13.3. The van der Waals surface area contributed by atoms with Gasteiger partial charge >= 0.3 is 6.03 Å². The number of anilines is 1. The minimum atomic E-state index is -0.389. The number of para-hydroxylation sites is 1. The van der Waals surface area contributed by atoms with Crippen molar-refractivity contribution in [1.82, 2.24) is 5.43 Å². The fourth-order valence-electron chi connectivity index (χ4n) is 2.34. The Balaban J connectivity index is 1.70. The third-order valence-corrected chi connectivity index (χ3v) is 3.78. The van der Waals surface area contributed by atoms with Crippen molar-refractivity contribution in [2.24, 2.45) is 11.0 Å². The van der Waals surface area contributed by atoms with Crippen LogP contribution in [0.5, 0.6) is 0 Å². The van der Waals surface area contributed by atoms with Crippen molar-refractivity contribution in [1.29, 1.82) is 0 Å². The van der Waals surface area contributed by atoms with E-state index >= 15 is 0 Å². The first-order chi connectivity index (χ1) is 11.1. The van der Waals surface area contributed by atoms with Crippen LogP contribution in [0.15, 0.2) is 53.6 Å². The molecule has 1 saturated carbocycles. The predicted molar refractivity (Wildman–Crippen MR) is 89.0 cm³/mol. The van der Waals surface area contributed by atoms with Crippen LogP contribution in [0.2, 0.25) is 0 Å². The largest absolute Gasteiger partial charge is 0.339 e. The van der Waals surface area contributed by atoms with Gasteiger partial charge in [-0.1, -0.05) is 30.3 Å². The molecule has 1 aliphatic rings. The first-order valence-electron chi connectivity index (χ1n) is 7.59. The normalized spacial score (nSPS) is 14.4. The molecule has 2 aromatic rings. The lowest BCUT2D eigenvalue weighted by molar-refractivity contribution is 0.252. The Hall–Kier alpha value is -2.69. The fourth-order valence-corrected chi connectivity index (χ4v) is 2.34. The van der Waals surface area contributed by atoms with Gasteiger partial charge in [-0.15, -0.1) is 0 Å². The minimum absolute atomic E-state index is 0.283. The number of hydrogen-bond donors (Lipinski definition) is 2. The van der Waals surface area contributed by atoms with Gasteiger partial charge in [0.15, 0.2) is 0 Å². The van der Waals surface area contributed by atoms with Crippen molar-refractivity contribution in [3.63, 3.8) is 0 Å². The summed E-state index contributed by atoms with van der Waals surface area (Å²) >= 11 is 0. The van der Waals surface area contributed by atoms with Crippen molar-refractivity contribution in [2.75, 3.05) is 5.32 Å². The van der Waals surface area contributed by atoms with Crippen LogP contribution in [0, 0.1) is 18.7 Å². The third kappa shape index (κ3) is 3.94. The van der Waals surface area contributed by atoms with Crippen LogP contribution in [-0.2, 0) is 0 Å². The fraction of sp³-hybridized carbons (Fsp3) is 0.222. The summed E-state index contributed by atoms with van der Waals surface area (Å²) in [6.45, 7) is 1.92. The number of benzene rings is 2. The van der Waals surface area contributed by atoms with Gasteiger partial charge in [0.05, 0.1) is 5.71 Å². The number of urea groups is 1. The van der Waals surface area contributed by atoms with Gasteiger partial charge in [0.1, 0.15) is 5.82 Å². The van der Waals surface area contributed by atoms with E-state index in [0.717, 1.165) is 35.4 Å². The van der Waals surface area contributed by atoms with Gasteiger partial charge in [-0.25, -0.2) is 14.6 Å². The summed E-state index contributed by atoms with van der Waals surface area (Å²) in [5.41, 5.74) is 5.90. The molecule has 0 spiro atoms. The average Bonchev–Trinajstić information content (AvgIpc) is 3.36. The minimum Gasteiger partial charge on any atom is -0.306 e. The predicted octanol–water partition coefficient (Wildman–Crippen LogP) is 4.07. The van der Waals surface area contributed by atoms with E-state index in [2.05, 4.69) is 15.8 Å². The Kier molecular flexibility index (Phi) is 4.37. The molecule has 2 N–H and O–H groups in total. The molecule has 1 aliphatic carbocycles. The van der Waals surface area contributed by atoms with E-state index in [9.17, 15) is 9.18 Å². The van der Waals surface area contributed by atoms with E-state index in [1.165, 1.54) is 12.1 Å². The lowest BCUT2D eigenvalue weighted by Crippen LogP contribution is -2.26. The van der Waals surface area contributed by atoms with Crippen LogP contribution in [0.4, 0.5) is 14.9 Å². The maximum absolute atomic E-state index is 13.0. The molecule has 4 nitrogen and oxygen atoms in total. The molecular formula is C18H18FN3O. The molecule has 3 rings (SSSR count). The molecule has 1 fully saturated rings. The van der Waals surface area contributed by atoms with Crippen molar-refractivity contribution < 1.29 is 9.18 Å². The standard InChI is InChI=1S/C18H18FN3O/c1-12-4-2-3-5-16(12)20-18(23)22-21-17(13-6-7-13)14-8-10-15(19)11-9-14/h2-5,8-11,13H,6-7H2,1H3,(H2,20,22,23)/b21-17+. The Morgan fingerprint density at radius 2 is 1.83 bits per heavy atom. The van der Waals surface area contributed by atoms with Crippen LogP contribution in [0.3, 0.4) is 0 Å². The van der Waals surface area contributed by atoms with Crippen LogP contribution in [-0.4, -0.2) is 11.7 Å². The Morgan fingerprint density at radius 3 is 2.48 bits per heavy atom. The monoisotopic (exact) mass is 311 g/mol. The number of carbonyl (C=O) groups excluding carboxylic acids is 1. The van der Waals surface area contributed by atoms with Crippen molar-refractivity contribution in [3.8, 4) is 0 Å². The molecule has 2 aromatic carbocycles. The lowest BCUT2D eigenvalue weighted by atomic mass is 10.1. The number of hydrogen-bond acceptors (Lipinski definition) is 2. The van der Waals surface area contributed by atoms with E-state index < -0.39 is 0 Å². The number of hydrazone groups is 1. The summed E-state index contributed by atoms with van der Waals surface area (Å²) in [4.78, 5) is 12.0. The van der Waals surface area contributed by atoms with Gasteiger partial charge in [-0.2, -0.15) is 5.10 Å². The third-order valence-electron chi connectivity index (χ3n) is 3.78. The number of carbonyl (C=O) groups is 1. The van der Waals surface area contributed by atoms with E-state index in [0.29, 0.717) is 5.92 Å². The van der Waals surface area contributed by atoms with Gasteiger partial charge in [-0.3, -0.25) is 0 Å². The van der Waals surface area contributed by atoms with Gasteiger partial charge in [0.25, 0.3) is 0 Å². The molecule has 0 aromatic heterocycles. The lowest BCUT2D eigenvalue weighted by Gasteiger charge is -2.09. The molecule has 0 aliphatic heterocycles. The summed E-state index contributed by atoms with van der Waals surface area (Å²) < 4.78 is 13.0. The van der Waals surface area contributed by atoms with E-state index in [4.69, 9.17) is 0 Å². The van der Waals surface area contributed by atoms with Crippen molar-refractivity contribution >= 4 is 17.4 Å². The molecule has 0 bridgehead atoms. The molecule has 23 heavy (non-hydrogen) atoms. The highest BCUT2D eigenvalue weighted by Gasteiger charge is 2.29. The Morgan fingerprint density at radius 1 is 1.13 bits per heavy atom. The van der Waals surface area contributed by atoms with Crippen molar-refractivity contribution in [3.05, 3.63) is 65.5 Å². The second-order valence-electron chi connectivity index (χ2n) is 5.66. The first kappa shape index (κ1) is 15.2. The molecule has 5 heteroatoms. The van der Waals surface area contributed by atoms with E-state index in [1.54, 1.807) is 12.1 Å². The molecular weight excluding hydrogens is 293 g/mol. The molecule has 0 saturated heterocycles. The van der Waals surface area contributed by atoms with Gasteiger partial charge in [0, 0.05) is 11.6 Å². The molecule has 118 valence electrons. The van der Waals surface area contributed by atoms with Gasteiger partial charge in [0.2, 0.25) is 0 Å². The smallest absolute Gasteiger partial charge is 0.306 e. The zero-order chi connectivity index (χ0) is 16.2. The number of nitrogens with one attached hydrogen (secondary N) is 2. The maximum atomic E-state index is 13.0. The zero-order valence-corrected chi connectivity index (χ0v) is 12.8. The second kappa shape index (κ2) is 6.60. The maximum Gasteiger partial charge on any atom is 0.339 e. The van der Waals surface area contributed by atoms with Crippen LogP contribution in [0.1, 0.15) is 24.0 Å². The molecule has 0 unspecified atom stereocenters. The highest BCUT2D eigenvalue weighted by molar-refractivity contribution is 6.04. The van der Waals surface area contributed by atoms with Crippen molar-refractivity contribution in [2.45, 2.75) is 19.8 Å². The second-order valence-corrected chi connectivity index (χ2v) is 5.66. The molecule has 0 atom stereocenters. The van der Waals surface area contributed by atoms with E-state index in [-0.39, 0.29) is 11.8 Å². The van der Waals surface area contributed by atoms with Gasteiger partial charge < -0.3 is 5.32 Å². The van der Waals surface area contributed by atoms with Crippen LogP contribution < -0.4 is 10.7 Å². The number of nitrogens with zero attached hydrogens (tertiary/aromatic N) is 1. The summed E-state index contributed by atoms with van der Waals surface area (Å²) in [7, 11) is 0. The summed E-state index contributed by atoms with van der Waals surface area (Å²) in [6.07, 6.45) is 2.08. The number of halogens is 1. The van der Waals surface area contributed by atoms with E-state index in [1.807, 2.05) is 31.2 Å². The zero-order valence-electron chi connectivity index (χ0n) is 12.8. The summed E-state index contributed by atoms with van der Waals surface area (Å²) in [5.74, 6) is 0.0494. The average molecular weight is 311 g/mol. The Labute approximate surface area is 134 Å². The highest BCUT2D eigenvalue weighted by Crippen LogP contribution is 2.33. The molecule has 2 amide bonds. The van der Waals surface area contributed by atoms with Crippen LogP contribution >= 0.6 is 0 Å². The van der Waals surface area contributed by atoms with Gasteiger partial charge in [-0.05, 0) is 49.1 Å². The molecule has 0 radical (unpaired) electrons. The first-order valence-corrected chi connectivity index (χ1v) is 7.59. The molecule has 0 heterocycles. The number of aryl methyl sites for hydroxylation is 1. The number of amides is 2. The van der Waals surface area contributed by atoms with Crippen LogP contribution in [0.25, 0.3) is 0 Å². The topological polar surface area (TPSA) is 53.5 Å². The Bertz CT molecular complexity index is 736. The summed E-state index contributed by atoms with van der Waals surface area (Å²) in [5, 5.41) is 7.01.